The monoisotopic (exact) mass is 175 g/mol. The van der Waals surface area contributed by atoms with Crippen LogP contribution in [0.25, 0.3) is 5.57 Å². The summed E-state index contributed by atoms with van der Waals surface area (Å²) < 4.78 is 0. The molecular weight excluding hydrogens is 158 g/mol. The fourth-order valence-corrected chi connectivity index (χ4v) is 1.26. The van der Waals surface area contributed by atoms with E-state index in [1.165, 1.54) is 11.1 Å². The number of rotatable bonds is 3. The molecule has 1 rings (SSSR count). The SMILES string of the molecule is CN[C@H](C)/C=C(\C)c1ccccc1. The quantitative estimate of drug-likeness (QED) is 0.744. The van der Waals surface area contributed by atoms with E-state index in [1.54, 1.807) is 0 Å². The van der Waals surface area contributed by atoms with E-state index in [9.17, 15) is 0 Å². The van der Waals surface area contributed by atoms with Crippen molar-refractivity contribution in [3.8, 4) is 0 Å². The van der Waals surface area contributed by atoms with E-state index in [4.69, 9.17) is 0 Å². The minimum absolute atomic E-state index is 0.431. The van der Waals surface area contributed by atoms with Crippen molar-refractivity contribution in [1.82, 2.24) is 5.32 Å². The van der Waals surface area contributed by atoms with Crippen LogP contribution in [0.3, 0.4) is 0 Å². The van der Waals surface area contributed by atoms with Crippen LogP contribution in [0, 0.1) is 0 Å². The second kappa shape index (κ2) is 4.83. The van der Waals surface area contributed by atoms with Gasteiger partial charge in [-0.25, -0.2) is 0 Å². The molecule has 0 aliphatic carbocycles. The summed E-state index contributed by atoms with van der Waals surface area (Å²) >= 11 is 0. The van der Waals surface area contributed by atoms with Gasteiger partial charge in [-0.05, 0) is 32.0 Å². The van der Waals surface area contributed by atoms with Gasteiger partial charge in [-0.2, -0.15) is 0 Å². The molecule has 1 N–H and O–H groups in total. The Balaban J connectivity index is 2.79. The maximum absolute atomic E-state index is 3.19. The van der Waals surface area contributed by atoms with E-state index in [0.717, 1.165) is 0 Å². The Morgan fingerprint density at radius 3 is 2.46 bits per heavy atom. The molecule has 1 nitrogen and oxygen atoms in total. The van der Waals surface area contributed by atoms with E-state index in [0.29, 0.717) is 6.04 Å². The highest BCUT2D eigenvalue weighted by atomic mass is 14.8. The third kappa shape index (κ3) is 3.03. The first-order valence-electron chi connectivity index (χ1n) is 4.65. The minimum Gasteiger partial charge on any atom is -0.314 e. The second-order valence-electron chi connectivity index (χ2n) is 3.29. The highest BCUT2D eigenvalue weighted by Gasteiger charge is 1.96. The molecular formula is C12H17N. The van der Waals surface area contributed by atoms with Gasteiger partial charge >= 0.3 is 0 Å². The van der Waals surface area contributed by atoms with Crippen LogP contribution in [0.5, 0.6) is 0 Å². The predicted octanol–water partition coefficient (Wildman–Crippen LogP) is 2.70. The lowest BCUT2D eigenvalue weighted by atomic mass is 10.1. The number of benzene rings is 1. The molecule has 0 aliphatic heterocycles. The van der Waals surface area contributed by atoms with Crippen LogP contribution >= 0.6 is 0 Å². The fourth-order valence-electron chi connectivity index (χ4n) is 1.26. The Bertz CT molecular complexity index is 274. The summed E-state index contributed by atoms with van der Waals surface area (Å²) in [6.07, 6.45) is 2.23. The first-order chi connectivity index (χ1) is 6.24. The smallest absolute Gasteiger partial charge is 0.0224 e. The number of allylic oxidation sites excluding steroid dienone is 1. The maximum atomic E-state index is 3.19. The van der Waals surface area contributed by atoms with Gasteiger partial charge in [0.2, 0.25) is 0 Å². The third-order valence-electron chi connectivity index (χ3n) is 2.18. The molecule has 0 amide bonds. The van der Waals surface area contributed by atoms with Gasteiger partial charge in [0, 0.05) is 6.04 Å². The largest absolute Gasteiger partial charge is 0.314 e. The topological polar surface area (TPSA) is 12.0 Å². The van der Waals surface area contributed by atoms with E-state index in [-0.39, 0.29) is 0 Å². The van der Waals surface area contributed by atoms with Crippen molar-refractivity contribution < 1.29 is 0 Å². The standard InChI is InChI=1S/C12H17N/c1-10(9-11(2)13-3)12-7-5-4-6-8-12/h4-9,11,13H,1-3H3/b10-9+/t11-/m1/s1. The van der Waals surface area contributed by atoms with Crippen molar-refractivity contribution in [1.29, 1.82) is 0 Å². The van der Waals surface area contributed by atoms with Gasteiger partial charge < -0.3 is 5.32 Å². The Kier molecular flexibility index (Phi) is 3.71. The molecule has 0 saturated carbocycles. The van der Waals surface area contributed by atoms with Crippen LogP contribution in [0.4, 0.5) is 0 Å². The Hall–Kier alpha value is -1.08. The molecule has 0 fully saturated rings. The fraction of sp³-hybridized carbons (Fsp3) is 0.333. The molecule has 0 heterocycles. The molecule has 1 atom stereocenters. The molecule has 0 bridgehead atoms. The lowest BCUT2D eigenvalue weighted by Gasteiger charge is -2.06. The van der Waals surface area contributed by atoms with Gasteiger partial charge in [0.1, 0.15) is 0 Å². The number of likely N-dealkylation sites (N-methyl/N-ethyl adjacent to an activating group) is 1. The lowest BCUT2D eigenvalue weighted by Crippen LogP contribution is -2.18. The van der Waals surface area contributed by atoms with Crippen molar-refractivity contribution in [3.05, 3.63) is 42.0 Å². The van der Waals surface area contributed by atoms with Crippen LogP contribution in [-0.2, 0) is 0 Å². The number of hydrogen-bond acceptors (Lipinski definition) is 1. The molecule has 0 saturated heterocycles. The number of nitrogens with one attached hydrogen (secondary N) is 1. The lowest BCUT2D eigenvalue weighted by molar-refractivity contribution is 0.730. The van der Waals surface area contributed by atoms with Gasteiger partial charge in [-0.1, -0.05) is 36.4 Å². The summed E-state index contributed by atoms with van der Waals surface area (Å²) in [5.41, 5.74) is 2.62. The molecule has 0 spiro atoms. The zero-order valence-electron chi connectivity index (χ0n) is 8.54. The highest BCUT2D eigenvalue weighted by Crippen LogP contribution is 2.12. The molecule has 1 heteroatoms. The van der Waals surface area contributed by atoms with Gasteiger partial charge in [0.05, 0.1) is 0 Å². The first kappa shape index (κ1) is 10.0. The summed E-state index contributed by atoms with van der Waals surface area (Å²) in [4.78, 5) is 0. The van der Waals surface area contributed by atoms with Crippen molar-refractivity contribution in [2.75, 3.05) is 7.05 Å². The second-order valence-corrected chi connectivity index (χ2v) is 3.29. The highest BCUT2D eigenvalue weighted by molar-refractivity contribution is 5.63. The summed E-state index contributed by atoms with van der Waals surface area (Å²) in [5, 5.41) is 3.19. The average molecular weight is 175 g/mol. The van der Waals surface area contributed by atoms with Crippen molar-refractivity contribution in [3.63, 3.8) is 0 Å². The normalized spacial score (nSPS) is 14.2. The van der Waals surface area contributed by atoms with Crippen LogP contribution in [0.15, 0.2) is 36.4 Å². The van der Waals surface area contributed by atoms with Crippen molar-refractivity contribution in [2.24, 2.45) is 0 Å². The summed E-state index contributed by atoms with van der Waals surface area (Å²) in [7, 11) is 1.97. The van der Waals surface area contributed by atoms with E-state index in [1.807, 2.05) is 13.1 Å². The average Bonchev–Trinajstić information content (AvgIpc) is 2.19. The molecule has 0 unspecified atom stereocenters. The van der Waals surface area contributed by atoms with Crippen molar-refractivity contribution >= 4 is 5.57 Å². The summed E-state index contributed by atoms with van der Waals surface area (Å²) in [6.45, 7) is 4.29. The summed E-state index contributed by atoms with van der Waals surface area (Å²) in [5.74, 6) is 0. The molecule has 0 radical (unpaired) electrons. The van der Waals surface area contributed by atoms with Crippen molar-refractivity contribution in [2.45, 2.75) is 19.9 Å². The molecule has 13 heavy (non-hydrogen) atoms. The first-order valence-corrected chi connectivity index (χ1v) is 4.65. The van der Waals surface area contributed by atoms with E-state index >= 15 is 0 Å². The molecule has 1 aromatic rings. The minimum atomic E-state index is 0.431. The van der Waals surface area contributed by atoms with E-state index < -0.39 is 0 Å². The Morgan fingerprint density at radius 1 is 1.31 bits per heavy atom. The zero-order valence-corrected chi connectivity index (χ0v) is 8.54. The van der Waals surface area contributed by atoms with Gasteiger partial charge in [-0.15, -0.1) is 0 Å². The number of hydrogen-bond donors (Lipinski definition) is 1. The van der Waals surface area contributed by atoms with Crippen LogP contribution in [-0.4, -0.2) is 13.1 Å². The zero-order chi connectivity index (χ0) is 9.68. The van der Waals surface area contributed by atoms with Gasteiger partial charge in [0.25, 0.3) is 0 Å². The molecule has 0 aromatic heterocycles. The Labute approximate surface area is 80.5 Å². The van der Waals surface area contributed by atoms with Crippen LogP contribution in [0.1, 0.15) is 19.4 Å². The maximum Gasteiger partial charge on any atom is 0.0224 e. The van der Waals surface area contributed by atoms with Crippen LogP contribution in [0.2, 0.25) is 0 Å². The van der Waals surface area contributed by atoms with Gasteiger partial charge in [-0.3, -0.25) is 0 Å². The van der Waals surface area contributed by atoms with Gasteiger partial charge in [0.15, 0.2) is 0 Å². The predicted molar refractivity (Wildman–Crippen MR) is 58.6 cm³/mol. The van der Waals surface area contributed by atoms with E-state index in [2.05, 4.69) is 49.5 Å². The summed E-state index contributed by atoms with van der Waals surface area (Å²) in [6, 6.07) is 10.9. The molecule has 0 aliphatic rings. The third-order valence-corrected chi connectivity index (χ3v) is 2.18. The molecule has 70 valence electrons. The molecule has 1 aromatic carbocycles. The van der Waals surface area contributed by atoms with Crippen LogP contribution < -0.4 is 5.32 Å². The Morgan fingerprint density at radius 2 is 1.92 bits per heavy atom.